The summed E-state index contributed by atoms with van der Waals surface area (Å²) in [5.41, 5.74) is -0.331. The summed E-state index contributed by atoms with van der Waals surface area (Å²) in [7, 11) is 0. The number of hydrogen-bond acceptors (Lipinski definition) is 2. The van der Waals surface area contributed by atoms with Crippen LogP contribution in [-0.4, -0.2) is 34.5 Å². The topological polar surface area (TPSA) is 57.6 Å². The Labute approximate surface area is 138 Å². The largest absolute Gasteiger partial charge is 0.480 e. The predicted molar refractivity (Wildman–Crippen MR) is 81.5 cm³/mol. The van der Waals surface area contributed by atoms with Crippen molar-refractivity contribution in [3.63, 3.8) is 0 Å². The Morgan fingerprint density at radius 1 is 1.33 bits per heavy atom. The molecule has 2 atom stereocenters. The van der Waals surface area contributed by atoms with Gasteiger partial charge >= 0.3 is 12.1 Å². The minimum absolute atomic E-state index is 0.00884. The number of carboxylic acids is 1. The van der Waals surface area contributed by atoms with Gasteiger partial charge in [0.1, 0.15) is 6.04 Å². The first-order valence-corrected chi connectivity index (χ1v) is 7.89. The Kier molecular flexibility index (Phi) is 5.51. The molecule has 132 valence electrons. The maximum atomic E-state index is 12.8. The Morgan fingerprint density at radius 2 is 2.04 bits per heavy atom. The van der Waals surface area contributed by atoms with Gasteiger partial charge in [-0.1, -0.05) is 25.1 Å². The number of nitrogens with zero attached hydrogens (tertiary/aromatic N) is 1. The number of aliphatic carboxylic acids is 1. The molecule has 0 aromatic heterocycles. The summed E-state index contributed by atoms with van der Waals surface area (Å²) in [6.07, 6.45) is -2.53. The standard InChI is InChI=1S/C17H20F3NO3/c1-11(12-5-4-6-13(10-12)17(18,19)20)9-15(22)21-8-3-2-7-14(21)16(23)24/h4-6,10-11,14H,2-3,7-9H2,1H3,(H,23,24). The van der Waals surface area contributed by atoms with Gasteiger partial charge in [0.05, 0.1) is 5.56 Å². The van der Waals surface area contributed by atoms with Crippen molar-refractivity contribution >= 4 is 11.9 Å². The van der Waals surface area contributed by atoms with Crippen LogP contribution in [0.25, 0.3) is 0 Å². The van der Waals surface area contributed by atoms with Gasteiger partial charge in [-0.15, -0.1) is 0 Å². The zero-order chi connectivity index (χ0) is 17.9. The minimum atomic E-state index is -4.43. The molecule has 2 unspecified atom stereocenters. The van der Waals surface area contributed by atoms with Crippen molar-refractivity contribution in [3.05, 3.63) is 35.4 Å². The molecule has 24 heavy (non-hydrogen) atoms. The first-order chi connectivity index (χ1) is 11.2. The summed E-state index contributed by atoms with van der Waals surface area (Å²) >= 11 is 0. The number of halogens is 3. The third kappa shape index (κ3) is 4.27. The van der Waals surface area contributed by atoms with E-state index < -0.39 is 29.7 Å². The van der Waals surface area contributed by atoms with Crippen LogP contribution in [0, 0.1) is 0 Å². The molecule has 1 aromatic rings. The summed E-state index contributed by atoms with van der Waals surface area (Å²) in [6.45, 7) is 2.05. The van der Waals surface area contributed by atoms with Crippen LogP contribution in [-0.2, 0) is 15.8 Å². The van der Waals surface area contributed by atoms with Crippen molar-refractivity contribution in [2.75, 3.05) is 6.54 Å². The van der Waals surface area contributed by atoms with Crippen LogP contribution in [0.4, 0.5) is 13.2 Å². The average Bonchev–Trinajstić information content (AvgIpc) is 2.54. The lowest BCUT2D eigenvalue weighted by atomic mass is 9.94. The van der Waals surface area contributed by atoms with Gasteiger partial charge in [0.25, 0.3) is 0 Å². The molecule has 2 rings (SSSR count). The third-order valence-electron chi connectivity index (χ3n) is 4.37. The van der Waals surface area contributed by atoms with Crippen molar-refractivity contribution in [3.8, 4) is 0 Å². The number of piperidine rings is 1. The number of alkyl halides is 3. The van der Waals surface area contributed by atoms with E-state index >= 15 is 0 Å². The third-order valence-corrected chi connectivity index (χ3v) is 4.37. The Hall–Kier alpha value is -2.05. The molecule has 1 heterocycles. The number of rotatable bonds is 4. The van der Waals surface area contributed by atoms with E-state index in [4.69, 9.17) is 0 Å². The van der Waals surface area contributed by atoms with Gasteiger partial charge in [0.15, 0.2) is 0 Å². The lowest BCUT2D eigenvalue weighted by Gasteiger charge is -2.33. The SMILES string of the molecule is CC(CC(=O)N1CCCCC1C(=O)O)c1cccc(C(F)(F)F)c1. The molecular formula is C17H20F3NO3. The molecule has 0 radical (unpaired) electrons. The zero-order valence-corrected chi connectivity index (χ0v) is 13.3. The molecule has 0 aliphatic carbocycles. The molecule has 1 aromatic carbocycles. The molecule has 0 spiro atoms. The van der Waals surface area contributed by atoms with Crippen LogP contribution >= 0.6 is 0 Å². The quantitative estimate of drug-likeness (QED) is 0.908. The molecular weight excluding hydrogens is 323 g/mol. The number of carbonyl (C=O) groups is 2. The van der Waals surface area contributed by atoms with Gasteiger partial charge < -0.3 is 10.0 Å². The van der Waals surface area contributed by atoms with E-state index in [1.165, 1.54) is 11.0 Å². The number of carbonyl (C=O) groups excluding carboxylic acids is 1. The highest BCUT2D eigenvalue weighted by molar-refractivity contribution is 5.84. The van der Waals surface area contributed by atoms with Crippen LogP contribution in [0.15, 0.2) is 24.3 Å². The summed E-state index contributed by atoms with van der Waals surface area (Å²) in [6, 6.07) is 4.07. The summed E-state index contributed by atoms with van der Waals surface area (Å²) in [5.74, 6) is -1.78. The monoisotopic (exact) mass is 343 g/mol. The highest BCUT2D eigenvalue weighted by Gasteiger charge is 2.33. The highest BCUT2D eigenvalue weighted by atomic mass is 19.4. The second-order valence-electron chi connectivity index (χ2n) is 6.17. The second kappa shape index (κ2) is 7.23. The second-order valence-corrected chi connectivity index (χ2v) is 6.17. The number of benzene rings is 1. The fraction of sp³-hybridized carbons (Fsp3) is 0.529. The number of likely N-dealkylation sites (tertiary alicyclic amines) is 1. The smallest absolute Gasteiger partial charge is 0.416 e. The van der Waals surface area contributed by atoms with E-state index in [0.717, 1.165) is 25.0 Å². The van der Waals surface area contributed by atoms with E-state index in [-0.39, 0.29) is 12.3 Å². The van der Waals surface area contributed by atoms with Crippen LogP contribution in [0.1, 0.15) is 49.7 Å². The van der Waals surface area contributed by atoms with Gasteiger partial charge in [-0.25, -0.2) is 4.79 Å². The van der Waals surface area contributed by atoms with Crippen molar-refractivity contribution in [1.82, 2.24) is 4.90 Å². The summed E-state index contributed by atoms with van der Waals surface area (Å²) in [5, 5.41) is 9.22. The molecule has 1 aliphatic heterocycles. The number of carboxylic acid groups (broad SMARTS) is 1. The lowest BCUT2D eigenvalue weighted by Crippen LogP contribution is -2.48. The Bertz CT molecular complexity index is 615. The molecule has 0 saturated carbocycles. The Balaban J connectivity index is 2.10. The van der Waals surface area contributed by atoms with Crippen LogP contribution in [0.5, 0.6) is 0 Å². The number of amides is 1. The van der Waals surface area contributed by atoms with E-state index in [9.17, 15) is 27.9 Å². The van der Waals surface area contributed by atoms with Crippen molar-refractivity contribution in [1.29, 1.82) is 0 Å². The van der Waals surface area contributed by atoms with Gasteiger partial charge in [-0.05, 0) is 36.8 Å². The van der Waals surface area contributed by atoms with Crippen molar-refractivity contribution < 1.29 is 27.9 Å². The van der Waals surface area contributed by atoms with E-state index in [1.54, 1.807) is 13.0 Å². The van der Waals surface area contributed by atoms with Crippen LogP contribution < -0.4 is 0 Å². The summed E-state index contributed by atoms with van der Waals surface area (Å²) in [4.78, 5) is 25.0. The molecule has 1 saturated heterocycles. The molecule has 1 aliphatic rings. The molecule has 7 heteroatoms. The average molecular weight is 343 g/mol. The molecule has 4 nitrogen and oxygen atoms in total. The van der Waals surface area contributed by atoms with E-state index in [0.29, 0.717) is 18.5 Å². The van der Waals surface area contributed by atoms with Gasteiger partial charge in [0.2, 0.25) is 5.91 Å². The van der Waals surface area contributed by atoms with Crippen molar-refractivity contribution in [2.45, 2.75) is 50.7 Å². The van der Waals surface area contributed by atoms with E-state index in [2.05, 4.69) is 0 Å². The van der Waals surface area contributed by atoms with E-state index in [1.807, 2.05) is 0 Å². The maximum absolute atomic E-state index is 12.8. The van der Waals surface area contributed by atoms with Gasteiger partial charge in [0, 0.05) is 13.0 Å². The van der Waals surface area contributed by atoms with Gasteiger partial charge in [-0.2, -0.15) is 13.2 Å². The first-order valence-electron chi connectivity index (χ1n) is 7.89. The lowest BCUT2D eigenvalue weighted by molar-refractivity contribution is -0.152. The molecule has 1 amide bonds. The summed E-state index contributed by atoms with van der Waals surface area (Å²) < 4.78 is 38.4. The fourth-order valence-corrected chi connectivity index (χ4v) is 3.01. The molecule has 1 fully saturated rings. The first kappa shape index (κ1) is 18.3. The van der Waals surface area contributed by atoms with Gasteiger partial charge in [-0.3, -0.25) is 4.79 Å². The molecule has 1 N–H and O–H groups in total. The maximum Gasteiger partial charge on any atom is 0.416 e. The number of hydrogen-bond donors (Lipinski definition) is 1. The highest BCUT2D eigenvalue weighted by Crippen LogP contribution is 2.32. The predicted octanol–water partition coefficient (Wildman–Crippen LogP) is 3.66. The zero-order valence-electron chi connectivity index (χ0n) is 13.3. The normalized spacial score (nSPS) is 19.8. The van der Waals surface area contributed by atoms with Crippen LogP contribution in [0.2, 0.25) is 0 Å². The fourth-order valence-electron chi connectivity index (χ4n) is 3.01. The van der Waals surface area contributed by atoms with Crippen molar-refractivity contribution in [2.24, 2.45) is 0 Å². The molecule has 0 bridgehead atoms. The Morgan fingerprint density at radius 3 is 2.67 bits per heavy atom. The minimum Gasteiger partial charge on any atom is -0.480 e. The van der Waals surface area contributed by atoms with Crippen LogP contribution in [0.3, 0.4) is 0 Å².